The summed E-state index contributed by atoms with van der Waals surface area (Å²) in [5.74, 6) is 0. The first-order valence-corrected chi connectivity index (χ1v) is 5.59. The predicted molar refractivity (Wildman–Crippen MR) is 55.0 cm³/mol. The predicted octanol–water partition coefficient (Wildman–Crippen LogP) is 0.672. The van der Waals surface area contributed by atoms with E-state index in [1.807, 2.05) is 4.90 Å². The molecule has 2 rings (SSSR count). The molecule has 4 heteroatoms. The second kappa shape index (κ2) is 4.17. The molecule has 1 aliphatic carbocycles. The number of nitrogens with zero attached hydrogens (tertiary/aromatic N) is 1. The van der Waals surface area contributed by atoms with Crippen molar-refractivity contribution in [3.63, 3.8) is 0 Å². The van der Waals surface area contributed by atoms with Gasteiger partial charge < -0.3 is 16.0 Å². The Morgan fingerprint density at radius 3 is 2.79 bits per heavy atom. The highest BCUT2D eigenvalue weighted by atomic mass is 16.2. The molecule has 2 aliphatic rings. The van der Waals surface area contributed by atoms with E-state index in [-0.39, 0.29) is 18.1 Å². The Morgan fingerprint density at radius 1 is 1.29 bits per heavy atom. The van der Waals surface area contributed by atoms with Crippen LogP contribution in [0.15, 0.2) is 0 Å². The number of carbonyl (C=O) groups excluding carboxylic acids is 1. The molecule has 80 valence electrons. The molecule has 14 heavy (non-hydrogen) atoms. The lowest BCUT2D eigenvalue weighted by Crippen LogP contribution is -2.57. The van der Waals surface area contributed by atoms with Crippen molar-refractivity contribution < 1.29 is 4.79 Å². The van der Waals surface area contributed by atoms with Crippen molar-refractivity contribution in [1.29, 1.82) is 0 Å². The van der Waals surface area contributed by atoms with Crippen LogP contribution in [-0.2, 0) is 0 Å². The van der Waals surface area contributed by atoms with Crippen molar-refractivity contribution >= 4 is 6.03 Å². The van der Waals surface area contributed by atoms with Crippen molar-refractivity contribution in [2.24, 2.45) is 5.73 Å². The van der Waals surface area contributed by atoms with Crippen molar-refractivity contribution in [3.8, 4) is 0 Å². The van der Waals surface area contributed by atoms with Crippen LogP contribution in [0, 0.1) is 0 Å². The van der Waals surface area contributed by atoms with Crippen molar-refractivity contribution in [3.05, 3.63) is 0 Å². The molecule has 1 saturated heterocycles. The van der Waals surface area contributed by atoms with Crippen molar-refractivity contribution in [2.75, 3.05) is 13.1 Å². The molecule has 4 nitrogen and oxygen atoms in total. The van der Waals surface area contributed by atoms with Gasteiger partial charge in [-0.15, -0.1) is 0 Å². The van der Waals surface area contributed by atoms with Crippen LogP contribution in [0.1, 0.15) is 32.1 Å². The summed E-state index contributed by atoms with van der Waals surface area (Å²) in [6, 6.07) is 0.551. The number of nitrogens with two attached hydrogens (primary N) is 1. The summed E-state index contributed by atoms with van der Waals surface area (Å²) in [6.45, 7) is 1.70. The maximum absolute atomic E-state index is 11.6. The van der Waals surface area contributed by atoms with Gasteiger partial charge >= 0.3 is 6.03 Å². The Kier molecular flexibility index (Phi) is 2.91. The second-order valence-electron chi connectivity index (χ2n) is 4.29. The molecule has 3 N–H and O–H groups in total. The van der Waals surface area contributed by atoms with Crippen LogP contribution in [0.4, 0.5) is 4.79 Å². The minimum atomic E-state index is 0.0820. The summed E-state index contributed by atoms with van der Waals surface area (Å²) in [5.41, 5.74) is 6.05. The molecule has 2 atom stereocenters. The third kappa shape index (κ3) is 1.85. The molecule has 0 spiro atoms. The molecule has 2 fully saturated rings. The molecule has 0 aromatic heterocycles. The highest BCUT2D eigenvalue weighted by molar-refractivity contribution is 5.75. The summed E-state index contributed by atoms with van der Waals surface area (Å²) in [4.78, 5) is 13.5. The largest absolute Gasteiger partial charge is 0.338 e. The molecule has 2 amide bonds. The zero-order valence-corrected chi connectivity index (χ0v) is 8.54. The number of urea groups is 1. The Hall–Kier alpha value is -0.770. The zero-order chi connectivity index (χ0) is 9.97. The minimum absolute atomic E-state index is 0.0820. The molecule has 1 saturated carbocycles. The average molecular weight is 197 g/mol. The fraction of sp³-hybridized carbons (Fsp3) is 0.900. The highest BCUT2D eigenvalue weighted by Crippen LogP contribution is 2.22. The van der Waals surface area contributed by atoms with Crippen LogP contribution < -0.4 is 11.1 Å². The van der Waals surface area contributed by atoms with E-state index >= 15 is 0 Å². The maximum atomic E-state index is 11.6. The summed E-state index contributed by atoms with van der Waals surface area (Å²) >= 11 is 0. The molecule has 1 heterocycles. The van der Waals surface area contributed by atoms with Crippen LogP contribution in [-0.4, -0.2) is 36.1 Å². The fourth-order valence-corrected chi connectivity index (χ4v) is 2.49. The number of nitrogens with one attached hydrogen (secondary N) is 1. The van der Waals surface area contributed by atoms with E-state index in [2.05, 4.69) is 5.32 Å². The Bertz CT molecular complexity index is 219. The van der Waals surface area contributed by atoms with Gasteiger partial charge in [0.25, 0.3) is 0 Å². The average Bonchev–Trinajstić information content (AvgIpc) is 2.20. The van der Waals surface area contributed by atoms with Gasteiger partial charge in [-0.25, -0.2) is 4.79 Å². The molecule has 0 aromatic carbocycles. The van der Waals surface area contributed by atoms with E-state index in [0.717, 1.165) is 32.4 Å². The molecule has 0 unspecified atom stereocenters. The van der Waals surface area contributed by atoms with Gasteiger partial charge in [0.05, 0.1) is 0 Å². The van der Waals surface area contributed by atoms with Crippen molar-refractivity contribution in [1.82, 2.24) is 10.2 Å². The van der Waals surface area contributed by atoms with Crippen LogP contribution in [0.3, 0.4) is 0 Å². The maximum Gasteiger partial charge on any atom is 0.317 e. The number of rotatable bonds is 1. The van der Waals surface area contributed by atoms with Gasteiger partial charge in [0, 0.05) is 25.2 Å². The molecule has 0 radical (unpaired) electrons. The Labute approximate surface area is 84.8 Å². The number of hydrogen-bond donors (Lipinski definition) is 2. The zero-order valence-electron chi connectivity index (χ0n) is 8.54. The monoisotopic (exact) mass is 197 g/mol. The van der Waals surface area contributed by atoms with Gasteiger partial charge in [0.15, 0.2) is 0 Å². The van der Waals surface area contributed by atoms with Gasteiger partial charge in [-0.2, -0.15) is 0 Å². The molecule has 1 aliphatic heterocycles. The van der Waals surface area contributed by atoms with Gasteiger partial charge in [0.1, 0.15) is 0 Å². The van der Waals surface area contributed by atoms with Gasteiger partial charge in [-0.3, -0.25) is 0 Å². The molecular weight excluding hydrogens is 178 g/mol. The second-order valence-corrected chi connectivity index (χ2v) is 4.29. The van der Waals surface area contributed by atoms with Gasteiger partial charge in [-0.05, 0) is 19.3 Å². The van der Waals surface area contributed by atoms with Crippen LogP contribution in [0.25, 0.3) is 0 Å². The van der Waals surface area contributed by atoms with E-state index in [1.54, 1.807) is 0 Å². The lowest BCUT2D eigenvalue weighted by atomic mass is 9.89. The normalized spacial score (nSPS) is 34.1. The lowest BCUT2D eigenvalue weighted by molar-refractivity contribution is 0.132. The first-order chi connectivity index (χ1) is 6.79. The third-order valence-electron chi connectivity index (χ3n) is 3.29. The third-order valence-corrected chi connectivity index (χ3v) is 3.29. The summed E-state index contributed by atoms with van der Waals surface area (Å²) in [7, 11) is 0. The van der Waals surface area contributed by atoms with Crippen LogP contribution >= 0.6 is 0 Å². The number of hydrogen-bond acceptors (Lipinski definition) is 2. The minimum Gasteiger partial charge on any atom is -0.338 e. The molecule has 0 aromatic rings. The fourth-order valence-electron chi connectivity index (χ4n) is 2.49. The summed E-state index contributed by atoms with van der Waals surface area (Å²) < 4.78 is 0. The van der Waals surface area contributed by atoms with Crippen LogP contribution in [0.2, 0.25) is 0 Å². The standard InChI is InChI=1S/C10H19N3O/c11-8-4-1-2-5-9(8)13-7-3-6-12-10(13)14/h8-9H,1-7,11H2,(H,12,14)/t8-,9-/m1/s1. The van der Waals surface area contributed by atoms with E-state index in [4.69, 9.17) is 5.73 Å². The smallest absolute Gasteiger partial charge is 0.317 e. The highest BCUT2D eigenvalue weighted by Gasteiger charge is 2.31. The number of amides is 2. The number of carbonyl (C=O) groups is 1. The Morgan fingerprint density at radius 2 is 2.07 bits per heavy atom. The quantitative estimate of drug-likeness (QED) is 0.649. The van der Waals surface area contributed by atoms with Crippen molar-refractivity contribution in [2.45, 2.75) is 44.2 Å². The molecule has 0 bridgehead atoms. The van der Waals surface area contributed by atoms with E-state index < -0.39 is 0 Å². The lowest BCUT2D eigenvalue weighted by Gasteiger charge is -2.40. The first kappa shape index (κ1) is 9.77. The summed E-state index contributed by atoms with van der Waals surface area (Å²) in [5, 5.41) is 2.88. The Balaban J connectivity index is 2.00. The summed E-state index contributed by atoms with van der Waals surface area (Å²) in [6.07, 6.45) is 5.62. The van der Waals surface area contributed by atoms with Crippen LogP contribution in [0.5, 0.6) is 0 Å². The van der Waals surface area contributed by atoms with E-state index in [0.29, 0.717) is 0 Å². The topological polar surface area (TPSA) is 58.4 Å². The van der Waals surface area contributed by atoms with E-state index in [1.165, 1.54) is 12.8 Å². The molecular formula is C10H19N3O. The SMILES string of the molecule is N[C@@H]1CCCC[C@H]1N1CCCNC1=O. The van der Waals surface area contributed by atoms with E-state index in [9.17, 15) is 4.79 Å². The van der Waals surface area contributed by atoms with Gasteiger partial charge in [0.2, 0.25) is 0 Å². The first-order valence-electron chi connectivity index (χ1n) is 5.59. The van der Waals surface area contributed by atoms with Gasteiger partial charge in [-0.1, -0.05) is 12.8 Å².